The molecule has 1 aromatic carbocycles. The highest BCUT2D eigenvalue weighted by atomic mass is 79.9. The molecule has 2 aromatic rings. The van der Waals surface area contributed by atoms with Crippen LogP contribution in [-0.2, 0) is 6.42 Å². The van der Waals surface area contributed by atoms with E-state index in [0.717, 1.165) is 35.2 Å². The Morgan fingerprint density at radius 1 is 1.39 bits per heavy atom. The zero-order chi connectivity index (χ0) is 15.7. The van der Waals surface area contributed by atoms with Gasteiger partial charge in [0.1, 0.15) is 0 Å². The minimum atomic E-state index is 0. The van der Waals surface area contributed by atoms with E-state index >= 15 is 0 Å². The molecule has 0 bridgehead atoms. The number of nitrogens with zero attached hydrogens (tertiary/aromatic N) is 3. The molecule has 0 saturated carbocycles. The monoisotopic (exact) mass is 398 g/mol. The van der Waals surface area contributed by atoms with Gasteiger partial charge in [-0.05, 0) is 37.1 Å². The highest BCUT2D eigenvalue weighted by Crippen LogP contribution is 2.21. The van der Waals surface area contributed by atoms with Crippen molar-refractivity contribution in [1.29, 1.82) is 0 Å². The van der Waals surface area contributed by atoms with Gasteiger partial charge >= 0.3 is 0 Å². The van der Waals surface area contributed by atoms with E-state index in [1.54, 1.807) is 6.20 Å². The lowest BCUT2D eigenvalue weighted by Gasteiger charge is -2.16. The summed E-state index contributed by atoms with van der Waals surface area (Å²) in [5.41, 5.74) is 8.48. The fourth-order valence-electron chi connectivity index (χ4n) is 2.84. The maximum Gasteiger partial charge on any atom is 0.257 e. The lowest BCUT2D eigenvalue weighted by atomic mass is 10.1. The molecule has 1 amide bonds. The molecule has 7 heteroatoms. The number of carbonyl (C=O) groups is 1. The molecule has 2 N–H and O–H groups in total. The second kappa shape index (κ2) is 7.47. The molecule has 5 nitrogen and oxygen atoms in total. The van der Waals surface area contributed by atoms with Crippen LogP contribution in [0.5, 0.6) is 0 Å². The topological polar surface area (TPSA) is 64.2 Å². The van der Waals surface area contributed by atoms with Gasteiger partial charge in [0.25, 0.3) is 5.91 Å². The van der Waals surface area contributed by atoms with Gasteiger partial charge in [-0.1, -0.05) is 22.9 Å². The lowest BCUT2D eigenvalue weighted by molar-refractivity contribution is 0.0790. The number of aromatic nitrogens is 2. The van der Waals surface area contributed by atoms with E-state index in [4.69, 9.17) is 5.73 Å². The zero-order valence-electron chi connectivity index (χ0n) is 12.9. The number of hydrogen-bond donors (Lipinski definition) is 1. The normalized spacial score (nSPS) is 17.2. The third-order valence-electron chi connectivity index (χ3n) is 4.02. The van der Waals surface area contributed by atoms with Crippen molar-refractivity contribution in [2.45, 2.75) is 25.8 Å². The maximum absolute atomic E-state index is 12.7. The average molecular weight is 400 g/mol. The van der Waals surface area contributed by atoms with Crippen LogP contribution in [-0.4, -0.2) is 39.7 Å². The first-order valence-electron chi connectivity index (χ1n) is 7.48. The summed E-state index contributed by atoms with van der Waals surface area (Å²) in [5, 5.41) is 4.42. The summed E-state index contributed by atoms with van der Waals surface area (Å²) in [6, 6.07) is 8.00. The minimum Gasteiger partial charge on any atom is -0.337 e. The van der Waals surface area contributed by atoms with E-state index in [-0.39, 0.29) is 24.4 Å². The molecule has 1 aromatic heterocycles. The molecule has 1 fully saturated rings. The Labute approximate surface area is 150 Å². The van der Waals surface area contributed by atoms with Gasteiger partial charge in [0, 0.05) is 23.6 Å². The summed E-state index contributed by atoms with van der Waals surface area (Å²) in [4.78, 5) is 14.5. The summed E-state index contributed by atoms with van der Waals surface area (Å²) >= 11 is 3.43. The van der Waals surface area contributed by atoms with Gasteiger partial charge in [0.15, 0.2) is 0 Å². The molecular weight excluding hydrogens is 380 g/mol. The van der Waals surface area contributed by atoms with Crippen LogP contribution in [0.2, 0.25) is 0 Å². The number of benzene rings is 1. The van der Waals surface area contributed by atoms with E-state index in [1.807, 2.05) is 40.8 Å². The second-order valence-corrected chi connectivity index (χ2v) is 6.46. The van der Waals surface area contributed by atoms with E-state index in [1.165, 1.54) is 0 Å². The Kier molecular flexibility index (Phi) is 5.84. The Balaban J connectivity index is 0.00000192. The molecule has 0 spiro atoms. The Morgan fingerprint density at radius 2 is 2.09 bits per heavy atom. The van der Waals surface area contributed by atoms with Crippen molar-refractivity contribution in [3.05, 3.63) is 46.2 Å². The third-order valence-corrected chi connectivity index (χ3v) is 4.55. The van der Waals surface area contributed by atoms with Crippen molar-refractivity contribution in [3.8, 4) is 5.69 Å². The molecule has 1 atom stereocenters. The molecular formula is C16H20BrClN4O. The van der Waals surface area contributed by atoms with Gasteiger partial charge in [0.2, 0.25) is 0 Å². The van der Waals surface area contributed by atoms with Crippen LogP contribution in [0.4, 0.5) is 0 Å². The summed E-state index contributed by atoms with van der Waals surface area (Å²) < 4.78 is 2.86. The molecule has 2 heterocycles. The number of amides is 1. The molecule has 3 rings (SSSR count). The van der Waals surface area contributed by atoms with Crippen LogP contribution < -0.4 is 5.73 Å². The number of halogens is 2. The van der Waals surface area contributed by atoms with Crippen LogP contribution in [0.15, 0.2) is 34.9 Å². The fraction of sp³-hybridized carbons (Fsp3) is 0.375. The smallest absolute Gasteiger partial charge is 0.257 e. The quantitative estimate of drug-likeness (QED) is 0.863. The molecule has 1 saturated heterocycles. The number of carbonyl (C=O) groups excluding carboxylic acids is 1. The van der Waals surface area contributed by atoms with Gasteiger partial charge in [-0.2, -0.15) is 5.10 Å². The first-order chi connectivity index (χ1) is 10.6. The third kappa shape index (κ3) is 3.59. The highest BCUT2D eigenvalue weighted by molar-refractivity contribution is 9.10. The minimum absolute atomic E-state index is 0. The van der Waals surface area contributed by atoms with Crippen molar-refractivity contribution in [1.82, 2.24) is 14.7 Å². The largest absolute Gasteiger partial charge is 0.337 e. The van der Waals surface area contributed by atoms with Crippen molar-refractivity contribution in [2.75, 3.05) is 13.1 Å². The van der Waals surface area contributed by atoms with Crippen LogP contribution in [0.3, 0.4) is 0 Å². The lowest BCUT2D eigenvalue weighted by Crippen LogP contribution is -2.32. The Morgan fingerprint density at radius 3 is 2.65 bits per heavy atom. The summed E-state index contributed by atoms with van der Waals surface area (Å²) in [7, 11) is 0. The maximum atomic E-state index is 12.7. The van der Waals surface area contributed by atoms with E-state index in [2.05, 4.69) is 21.0 Å². The predicted molar refractivity (Wildman–Crippen MR) is 96.4 cm³/mol. The van der Waals surface area contributed by atoms with Gasteiger partial charge < -0.3 is 10.6 Å². The van der Waals surface area contributed by atoms with Crippen molar-refractivity contribution >= 4 is 34.2 Å². The van der Waals surface area contributed by atoms with Gasteiger partial charge in [-0.3, -0.25) is 4.79 Å². The Bertz CT molecular complexity index is 686. The molecule has 1 aliphatic heterocycles. The van der Waals surface area contributed by atoms with Gasteiger partial charge in [0.05, 0.1) is 23.1 Å². The number of likely N-dealkylation sites (tertiary alicyclic amines) is 1. The molecule has 124 valence electrons. The van der Waals surface area contributed by atoms with E-state index in [9.17, 15) is 4.79 Å². The van der Waals surface area contributed by atoms with Crippen LogP contribution in [0.25, 0.3) is 5.69 Å². The predicted octanol–water partition coefficient (Wildman–Crippen LogP) is 2.79. The SMILES string of the molecule is CCc1c(C(=O)N2CC[C@H](N)C2)cnn1-c1ccc(Br)cc1.Cl. The average Bonchev–Trinajstić information content (AvgIpc) is 3.13. The fourth-order valence-corrected chi connectivity index (χ4v) is 3.10. The molecule has 0 unspecified atom stereocenters. The van der Waals surface area contributed by atoms with E-state index < -0.39 is 0 Å². The number of hydrogen-bond acceptors (Lipinski definition) is 3. The van der Waals surface area contributed by atoms with Crippen LogP contribution >= 0.6 is 28.3 Å². The number of nitrogens with two attached hydrogens (primary N) is 1. The zero-order valence-corrected chi connectivity index (χ0v) is 15.3. The highest BCUT2D eigenvalue weighted by Gasteiger charge is 2.27. The second-order valence-electron chi connectivity index (χ2n) is 5.55. The van der Waals surface area contributed by atoms with Crippen LogP contribution in [0, 0.1) is 0 Å². The summed E-state index contributed by atoms with van der Waals surface area (Å²) in [5.74, 6) is 0.0353. The van der Waals surface area contributed by atoms with Crippen molar-refractivity contribution in [2.24, 2.45) is 5.73 Å². The molecule has 1 aliphatic rings. The molecule has 23 heavy (non-hydrogen) atoms. The summed E-state index contributed by atoms with van der Waals surface area (Å²) in [6.07, 6.45) is 3.29. The molecule has 0 aliphatic carbocycles. The van der Waals surface area contributed by atoms with Crippen molar-refractivity contribution in [3.63, 3.8) is 0 Å². The Hall–Kier alpha value is -1.37. The van der Waals surface area contributed by atoms with Gasteiger partial charge in [-0.15, -0.1) is 12.4 Å². The van der Waals surface area contributed by atoms with Gasteiger partial charge in [-0.25, -0.2) is 4.68 Å². The first-order valence-corrected chi connectivity index (χ1v) is 8.27. The first kappa shape index (κ1) is 18.0. The van der Waals surface area contributed by atoms with Crippen molar-refractivity contribution < 1.29 is 4.79 Å². The molecule has 0 radical (unpaired) electrons. The number of rotatable bonds is 3. The summed E-state index contributed by atoms with van der Waals surface area (Å²) in [6.45, 7) is 3.40. The van der Waals surface area contributed by atoms with E-state index in [0.29, 0.717) is 12.1 Å². The standard InChI is InChI=1S/C16H19BrN4O.ClH/c1-2-15-14(16(22)20-8-7-12(18)10-20)9-19-21(15)13-5-3-11(17)4-6-13;/h3-6,9,12H,2,7-8,10,18H2,1H3;1H/t12-;/m0./s1. The van der Waals surface area contributed by atoms with Crippen LogP contribution in [0.1, 0.15) is 29.4 Å².